The Bertz CT molecular complexity index is 673. The second-order valence-corrected chi connectivity index (χ2v) is 6.71. The van der Waals surface area contributed by atoms with Crippen LogP contribution in [0.5, 0.6) is 5.75 Å². The quantitative estimate of drug-likeness (QED) is 0.782. The van der Waals surface area contributed by atoms with Crippen LogP contribution in [-0.4, -0.2) is 12.8 Å². The van der Waals surface area contributed by atoms with Crippen LogP contribution in [0.25, 0.3) is 0 Å². The van der Waals surface area contributed by atoms with Crippen LogP contribution in [0.1, 0.15) is 38.8 Å². The van der Waals surface area contributed by atoms with Crippen LogP contribution >= 0.6 is 0 Å². The maximum atomic E-state index is 11.9. The number of ether oxygens (including phenoxy) is 1. The van der Waals surface area contributed by atoms with E-state index in [9.17, 15) is 4.79 Å². The molecule has 24 heavy (non-hydrogen) atoms. The molecular weight excluding hydrogens is 300 g/mol. The minimum Gasteiger partial charge on any atom is -0.473 e. The first kappa shape index (κ1) is 17.9. The van der Waals surface area contributed by atoms with Gasteiger partial charge in [-0.15, -0.1) is 0 Å². The highest BCUT2D eigenvalue weighted by Crippen LogP contribution is 2.23. The number of anilines is 1. The average molecular weight is 326 g/mol. The number of amides is 2. The van der Waals surface area contributed by atoms with Gasteiger partial charge in [0.05, 0.1) is 0 Å². The van der Waals surface area contributed by atoms with Crippen LogP contribution in [0.2, 0.25) is 0 Å². The summed E-state index contributed by atoms with van der Waals surface area (Å²) in [4.78, 5) is 11.9. The highest BCUT2D eigenvalue weighted by Gasteiger charge is 2.13. The van der Waals surface area contributed by atoms with Gasteiger partial charge in [-0.25, -0.2) is 4.79 Å². The maximum Gasteiger partial charge on any atom is 0.321 e. The summed E-state index contributed by atoms with van der Waals surface area (Å²) in [6.45, 7) is 8.68. The molecule has 0 aliphatic rings. The Hall–Kier alpha value is -2.49. The molecule has 2 aromatic rings. The lowest BCUT2D eigenvalue weighted by molar-refractivity contribution is 0.234. The van der Waals surface area contributed by atoms with Gasteiger partial charge in [0.15, 0.2) is 6.73 Å². The largest absolute Gasteiger partial charge is 0.473 e. The third-order valence-corrected chi connectivity index (χ3v) is 3.82. The molecule has 4 heteroatoms. The maximum absolute atomic E-state index is 11.9. The fourth-order valence-electron chi connectivity index (χ4n) is 2.34. The van der Waals surface area contributed by atoms with Crippen LogP contribution < -0.4 is 15.4 Å². The summed E-state index contributed by atoms with van der Waals surface area (Å²) < 4.78 is 5.63. The molecule has 0 fully saturated rings. The molecule has 0 atom stereocenters. The van der Waals surface area contributed by atoms with Gasteiger partial charge in [0.25, 0.3) is 0 Å². The fourth-order valence-corrected chi connectivity index (χ4v) is 2.34. The second kappa shape index (κ2) is 7.86. The summed E-state index contributed by atoms with van der Waals surface area (Å²) in [5.41, 5.74) is 3.21. The number of rotatable bonds is 5. The fraction of sp³-hybridized carbons (Fsp3) is 0.350. The standard InChI is InChI=1S/C20H26N2O2/c1-5-15-8-6-7-9-18(15)24-14-21-19(23)22-17-12-10-16(11-13-17)20(2,3)4/h6-13H,5,14H2,1-4H3,(H2,21,22,23). The van der Waals surface area contributed by atoms with E-state index in [-0.39, 0.29) is 18.2 Å². The predicted octanol–water partition coefficient (Wildman–Crippen LogP) is 4.70. The summed E-state index contributed by atoms with van der Waals surface area (Å²) in [6, 6.07) is 15.4. The minimum absolute atomic E-state index is 0.0985. The predicted molar refractivity (Wildman–Crippen MR) is 98.6 cm³/mol. The van der Waals surface area contributed by atoms with E-state index >= 15 is 0 Å². The number of carbonyl (C=O) groups excluding carboxylic acids is 1. The number of aryl methyl sites for hydroxylation is 1. The number of hydrogen-bond donors (Lipinski definition) is 2. The zero-order valence-electron chi connectivity index (χ0n) is 14.8. The monoisotopic (exact) mass is 326 g/mol. The Morgan fingerprint density at radius 1 is 1.04 bits per heavy atom. The third kappa shape index (κ3) is 5.01. The SMILES string of the molecule is CCc1ccccc1OCNC(=O)Nc1ccc(C(C)(C)C)cc1. The van der Waals surface area contributed by atoms with Crippen LogP contribution in [-0.2, 0) is 11.8 Å². The van der Waals surface area contributed by atoms with Crippen molar-refractivity contribution in [1.29, 1.82) is 0 Å². The van der Waals surface area contributed by atoms with Crippen molar-refractivity contribution in [3.05, 3.63) is 59.7 Å². The van der Waals surface area contributed by atoms with Gasteiger partial charge in [0.2, 0.25) is 0 Å². The van der Waals surface area contributed by atoms with Crippen molar-refractivity contribution >= 4 is 11.7 Å². The highest BCUT2D eigenvalue weighted by atomic mass is 16.5. The molecule has 0 spiro atoms. The van der Waals surface area contributed by atoms with E-state index in [0.29, 0.717) is 0 Å². The Kier molecular flexibility index (Phi) is 5.85. The Morgan fingerprint density at radius 3 is 2.33 bits per heavy atom. The van der Waals surface area contributed by atoms with E-state index in [1.165, 1.54) is 5.56 Å². The first-order chi connectivity index (χ1) is 11.4. The summed E-state index contributed by atoms with van der Waals surface area (Å²) in [5, 5.41) is 5.51. The van der Waals surface area contributed by atoms with Gasteiger partial charge in [-0.1, -0.05) is 58.0 Å². The van der Waals surface area contributed by atoms with Crippen molar-refractivity contribution in [1.82, 2.24) is 5.32 Å². The molecular formula is C20H26N2O2. The van der Waals surface area contributed by atoms with Crippen molar-refractivity contribution in [3.63, 3.8) is 0 Å². The van der Waals surface area contributed by atoms with Gasteiger partial charge in [0.1, 0.15) is 5.75 Å². The van der Waals surface area contributed by atoms with Gasteiger partial charge >= 0.3 is 6.03 Å². The third-order valence-electron chi connectivity index (χ3n) is 3.82. The molecule has 0 bridgehead atoms. The van der Waals surface area contributed by atoms with Crippen molar-refractivity contribution in [2.75, 3.05) is 12.0 Å². The lowest BCUT2D eigenvalue weighted by Gasteiger charge is -2.19. The first-order valence-electron chi connectivity index (χ1n) is 8.26. The number of nitrogens with one attached hydrogen (secondary N) is 2. The molecule has 2 aromatic carbocycles. The molecule has 2 rings (SSSR count). The number of para-hydroxylation sites is 1. The minimum atomic E-state index is -0.285. The molecule has 0 heterocycles. The van der Waals surface area contributed by atoms with Crippen LogP contribution in [0.3, 0.4) is 0 Å². The van der Waals surface area contributed by atoms with Crippen LogP contribution in [0.15, 0.2) is 48.5 Å². The summed E-state index contributed by atoms with van der Waals surface area (Å²) >= 11 is 0. The van der Waals surface area contributed by atoms with Crippen molar-refractivity contribution in [2.45, 2.75) is 39.5 Å². The van der Waals surface area contributed by atoms with E-state index in [1.807, 2.05) is 48.5 Å². The number of urea groups is 1. The average Bonchev–Trinajstić information content (AvgIpc) is 2.55. The van der Waals surface area contributed by atoms with E-state index in [2.05, 4.69) is 38.3 Å². The van der Waals surface area contributed by atoms with Gasteiger partial charge in [-0.2, -0.15) is 0 Å². The van der Waals surface area contributed by atoms with Gasteiger partial charge in [-0.3, -0.25) is 0 Å². The lowest BCUT2D eigenvalue weighted by Crippen LogP contribution is -2.32. The van der Waals surface area contributed by atoms with Crippen molar-refractivity contribution < 1.29 is 9.53 Å². The normalized spacial score (nSPS) is 11.0. The van der Waals surface area contributed by atoms with E-state index in [1.54, 1.807) is 0 Å². The number of benzene rings is 2. The molecule has 4 nitrogen and oxygen atoms in total. The number of hydrogen-bond acceptors (Lipinski definition) is 2. The Morgan fingerprint density at radius 2 is 1.71 bits per heavy atom. The molecule has 2 N–H and O–H groups in total. The van der Waals surface area contributed by atoms with E-state index in [4.69, 9.17) is 4.74 Å². The molecule has 0 unspecified atom stereocenters. The zero-order chi connectivity index (χ0) is 17.6. The highest BCUT2D eigenvalue weighted by molar-refractivity contribution is 5.89. The first-order valence-corrected chi connectivity index (χ1v) is 8.26. The van der Waals surface area contributed by atoms with Crippen molar-refractivity contribution in [2.24, 2.45) is 0 Å². The summed E-state index contributed by atoms with van der Waals surface area (Å²) in [7, 11) is 0. The second-order valence-electron chi connectivity index (χ2n) is 6.71. The molecule has 0 saturated heterocycles. The van der Waals surface area contributed by atoms with Crippen LogP contribution in [0, 0.1) is 0 Å². The molecule has 0 aliphatic heterocycles. The molecule has 128 valence electrons. The lowest BCUT2D eigenvalue weighted by atomic mass is 9.87. The smallest absolute Gasteiger partial charge is 0.321 e. The Balaban J connectivity index is 1.83. The van der Waals surface area contributed by atoms with Gasteiger partial charge in [-0.05, 0) is 41.2 Å². The Labute approximate surface area is 144 Å². The zero-order valence-corrected chi connectivity index (χ0v) is 14.8. The summed E-state index contributed by atoms with van der Waals surface area (Å²) in [5.74, 6) is 0.801. The van der Waals surface area contributed by atoms with Gasteiger partial charge < -0.3 is 15.4 Å². The molecule has 0 aliphatic carbocycles. The molecule has 0 saturated carbocycles. The van der Waals surface area contributed by atoms with Crippen LogP contribution in [0.4, 0.5) is 10.5 Å². The molecule has 0 aromatic heterocycles. The van der Waals surface area contributed by atoms with E-state index in [0.717, 1.165) is 23.4 Å². The topological polar surface area (TPSA) is 50.4 Å². The van der Waals surface area contributed by atoms with Crippen molar-refractivity contribution in [3.8, 4) is 5.75 Å². The van der Waals surface area contributed by atoms with Gasteiger partial charge in [0, 0.05) is 5.69 Å². The number of carbonyl (C=O) groups is 1. The summed E-state index contributed by atoms with van der Waals surface area (Å²) in [6.07, 6.45) is 0.891. The molecule has 0 radical (unpaired) electrons. The van der Waals surface area contributed by atoms with E-state index < -0.39 is 0 Å². The molecule has 2 amide bonds.